The molecule has 1 atom stereocenters. The zero-order valence-electron chi connectivity index (χ0n) is 17.6. The molecule has 0 aliphatic rings. The maximum absolute atomic E-state index is 11.7. The Balaban J connectivity index is 1.47. The van der Waals surface area contributed by atoms with Crippen LogP contribution in [0, 0.1) is 0 Å². The van der Waals surface area contributed by atoms with Crippen LogP contribution in [0.3, 0.4) is 0 Å². The molecule has 0 aliphatic carbocycles. The lowest BCUT2D eigenvalue weighted by Gasteiger charge is -2.16. The van der Waals surface area contributed by atoms with E-state index in [0.717, 1.165) is 16.9 Å². The van der Waals surface area contributed by atoms with Crippen molar-refractivity contribution in [3.63, 3.8) is 0 Å². The lowest BCUT2D eigenvalue weighted by Crippen LogP contribution is -2.24. The van der Waals surface area contributed by atoms with E-state index < -0.39 is 6.10 Å². The van der Waals surface area contributed by atoms with Gasteiger partial charge in [-0.2, -0.15) is 0 Å². The molecule has 0 aliphatic heterocycles. The normalized spacial score (nSPS) is 12.1. The zero-order chi connectivity index (χ0) is 21.6. The van der Waals surface area contributed by atoms with Crippen LogP contribution < -0.4 is 4.74 Å². The second-order valence-corrected chi connectivity index (χ2v) is 7.56. The van der Waals surface area contributed by atoms with Crippen LogP contribution in [0.2, 0.25) is 0 Å². The Hall–Kier alpha value is -3.44. The van der Waals surface area contributed by atoms with Gasteiger partial charge in [0.05, 0.1) is 17.6 Å². The van der Waals surface area contributed by atoms with Crippen LogP contribution in [0.25, 0.3) is 11.0 Å². The molecule has 4 rings (SSSR count). The molecule has 1 heterocycles. The molecular weight excluding hydrogens is 388 g/mol. The monoisotopic (exact) mass is 414 g/mol. The zero-order valence-corrected chi connectivity index (χ0v) is 17.6. The summed E-state index contributed by atoms with van der Waals surface area (Å²) < 4.78 is 7.83. The molecule has 0 spiro atoms. The highest BCUT2D eigenvalue weighted by Gasteiger charge is 2.15. The minimum Gasteiger partial charge on any atom is -0.491 e. The van der Waals surface area contributed by atoms with Crippen LogP contribution in [-0.2, 0) is 13.0 Å². The molecule has 0 amide bonds. The van der Waals surface area contributed by atoms with Gasteiger partial charge >= 0.3 is 0 Å². The molecular formula is C26H26N2O3. The molecule has 158 valence electrons. The van der Waals surface area contributed by atoms with Gasteiger partial charge in [-0.15, -0.1) is 0 Å². The van der Waals surface area contributed by atoms with Crippen molar-refractivity contribution < 1.29 is 14.6 Å². The highest BCUT2D eigenvalue weighted by Crippen LogP contribution is 2.20. The number of carbonyl (C=O) groups is 1. The number of ether oxygens (including phenoxy) is 1. The van der Waals surface area contributed by atoms with Gasteiger partial charge < -0.3 is 14.4 Å². The number of nitrogens with zero attached hydrogens (tertiary/aromatic N) is 2. The molecule has 4 aromatic rings. The Morgan fingerprint density at radius 2 is 1.71 bits per heavy atom. The van der Waals surface area contributed by atoms with Crippen LogP contribution >= 0.6 is 0 Å². The minimum atomic E-state index is -0.705. The minimum absolute atomic E-state index is 0.101. The first-order chi connectivity index (χ1) is 15.1. The first kappa shape index (κ1) is 20.8. The molecule has 1 N–H and O–H groups in total. The highest BCUT2D eigenvalue weighted by atomic mass is 16.5. The largest absolute Gasteiger partial charge is 0.491 e. The Morgan fingerprint density at radius 1 is 1.00 bits per heavy atom. The number of hydrogen-bond donors (Lipinski definition) is 1. The first-order valence-electron chi connectivity index (χ1n) is 10.6. The third-order valence-corrected chi connectivity index (χ3v) is 5.27. The number of rotatable bonds is 9. The molecule has 5 nitrogen and oxygen atoms in total. The number of carbonyl (C=O) groups excluding carboxylic acids is 1. The van der Waals surface area contributed by atoms with Crippen LogP contribution in [0.1, 0.15) is 35.1 Å². The van der Waals surface area contributed by atoms with Crippen molar-refractivity contribution >= 4 is 16.8 Å². The first-order valence-corrected chi connectivity index (χ1v) is 10.6. The van der Waals surface area contributed by atoms with E-state index in [9.17, 15) is 9.90 Å². The predicted molar refractivity (Wildman–Crippen MR) is 122 cm³/mol. The third-order valence-electron chi connectivity index (χ3n) is 5.27. The Bertz CT molecular complexity index is 1150. The summed E-state index contributed by atoms with van der Waals surface area (Å²) in [6, 6.07) is 25.2. The SMILES string of the molecule is CCC(=O)c1ccc(OCC(O)Cn2c(Cc3ccccc3)nc3ccccc32)cc1. The summed E-state index contributed by atoms with van der Waals surface area (Å²) in [5, 5.41) is 10.7. The van der Waals surface area contributed by atoms with Gasteiger partial charge in [-0.05, 0) is 42.0 Å². The van der Waals surface area contributed by atoms with E-state index in [4.69, 9.17) is 9.72 Å². The lowest BCUT2D eigenvalue weighted by atomic mass is 10.1. The fourth-order valence-corrected chi connectivity index (χ4v) is 3.64. The Morgan fingerprint density at radius 3 is 2.45 bits per heavy atom. The smallest absolute Gasteiger partial charge is 0.162 e. The van der Waals surface area contributed by atoms with Crippen molar-refractivity contribution in [2.24, 2.45) is 0 Å². The molecule has 1 aromatic heterocycles. The van der Waals surface area contributed by atoms with Gasteiger partial charge in [0.25, 0.3) is 0 Å². The summed E-state index contributed by atoms with van der Waals surface area (Å²) in [4.78, 5) is 16.5. The van der Waals surface area contributed by atoms with Crippen LogP contribution in [0.4, 0.5) is 0 Å². The summed E-state index contributed by atoms with van der Waals surface area (Å²) in [6.07, 6.45) is 0.461. The molecule has 3 aromatic carbocycles. The quantitative estimate of drug-likeness (QED) is 0.405. The van der Waals surface area contributed by atoms with E-state index in [1.165, 1.54) is 5.56 Å². The van der Waals surface area contributed by atoms with E-state index in [2.05, 4.69) is 16.7 Å². The van der Waals surface area contributed by atoms with Crippen molar-refractivity contribution in [2.45, 2.75) is 32.4 Å². The summed E-state index contributed by atoms with van der Waals surface area (Å²) in [6.45, 7) is 2.38. The molecule has 0 saturated carbocycles. The van der Waals surface area contributed by atoms with E-state index in [1.54, 1.807) is 24.3 Å². The van der Waals surface area contributed by atoms with E-state index in [-0.39, 0.29) is 12.4 Å². The number of aliphatic hydroxyl groups excluding tert-OH is 1. The van der Waals surface area contributed by atoms with Gasteiger partial charge in [0, 0.05) is 18.4 Å². The van der Waals surface area contributed by atoms with Gasteiger partial charge in [-0.1, -0.05) is 49.4 Å². The van der Waals surface area contributed by atoms with Gasteiger partial charge in [0.2, 0.25) is 0 Å². The Kier molecular flexibility index (Phi) is 6.43. The second kappa shape index (κ2) is 9.58. The van der Waals surface area contributed by atoms with Crippen LogP contribution in [0.15, 0.2) is 78.9 Å². The number of para-hydroxylation sites is 2. The summed E-state index contributed by atoms with van der Waals surface area (Å²) in [7, 11) is 0. The molecule has 0 radical (unpaired) electrons. The maximum Gasteiger partial charge on any atom is 0.162 e. The number of aromatic nitrogens is 2. The topological polar surface area (TPSA) is 64.3 Å². The van der Waals surface area contributed by atoms with Gasteiger partial charge in [0.15, 0.2) is 5.78 Å². The van der Waals surface area contributed by atoms with Crippen molar-refractivity contribution in [3.05, 3.63) is 95.8 Å². The average Bonchev–Trinajstić information content (AvgIpc) is 3.15. The van der Waals surface area contributed by atoms with Gasteiger partial charge in [-0.3, -0.25) is 4.79 Å². The number of aliphatic hydroxyl groups is 1. The number of benzene rings is 3. The number of ketones is 1. The molecule has 5 heteroatoms. The summed E-state index contributed by atoms with van der Waals surface area (Å²) >= 11 is 0. The van der Waals surface area contributed by atoms with Crippen LogP contribution in [-0.4, -0.2) is 33.2 Å². The average molecular weight is 415 g/mol. The fraction of sp³-hybridized carbons (Fsp3) is 0.231. The molecule has 1 unspecified atom stereocenters. The van der Waals surface area contributed by atoms with E-state index in [0.29, 0.717) is 30.7 Å². The number of fused-ring (bicyclic) bond motifs is 1. The molecule has 0 bridgehead atoms. The number of hydrogen-bond acceptors (Lipinski definition) is 4. The van der Waals surface area contributed by atoms with Crippen molar-refractivity contribution in [1.29, 1.82) is 0 Å². The Labute approximate surface area is 181 Å². The molecule has 31 heavy (non-hydrogen) atoms. The third kappa shape index (κ3) is 5.01. The molecule has 0 fully saturated rings. The van der Waals surface area contributed by atoms with Crippen molar-refractivity contribution in [1.82, 2.24) is 9.55 Å². The van der Waals surface area contributed by atoms with Crippen molar-refractivity contribution in [3.8, 4) is 5.75 Å². The fourth-order valence-electron chi connectivity index (χ4n) is 3.64. The maximum atomic E-state index is 11.7. The standard InChI is InChI=1S/C26H26N2O3/c1-2-25(30)20-12-14-22(15-13-20)31-18-21(29)17-28-24-11-7-6-10-23(24)27-26(28)16-19-8-4-3-5-9-19/h3-15,21,29H,2,16-18H2,1H3. The number of Topliss-reactive ketones (excluding diaryl/α,β-unsaturated/α-hetero) is 1. The lowest BCUT2D eigenvalue weighted by molar-refractivity contribution is 0.0926. The highest BCUT2D eigenvalue weighted by molar-refractivity contribution is 5.95. The molecule has 0 saturated heterocycles. The van der Waals surface area contributed by atoms with Crippen LogP contribution in [0.5, 0.6) is 5.75 Å². The summed E-state index contributed by atoms with van der Waals surface area (Å²) in [5.41, 5.74) is 3.75. The van der Waals surface area contributed by atoms with Crippen molar-refractivity contribution in [2.75, 3.05) is 6.61 Å². The summed E-state index contributed by atoms with van der Waals surface area (Å²) in [5.74, 6) is 1.64. The van der Waals surface area contributed by atoms with Gasteiger partial charge in [0.1, 0.15) is 24.3 Å². The van der Waals surface area contributed by atoms with Gasteiger partial charge in [-0.25, -0.2) is 4.98 Å². The second-order valence-electron chi connectivity index (χ2n) is 7.56. The predicted octanol–water partition coefficient (Wildman–Crippen LogP) is 4.66. The van der Waals surface area contributed by atoms with E-state index in [1.807, 2.05) is 49.4 Å². The number of imidazole rings is 1. The van der Waals surface area contributed by atoms with E-state index >= 15 is 0 Å².